The van der Waals surface area contributed by atoms with Gasteiger partial charge < -0.3 is 5.32 Å². The lowest BCUT2D eigenvalue weighted by atomic mass is 10.2. The van der Waals surface area contributed by atoms with Gasteiger partial charge in [-0.1, -0.05) is 60.3 Å². The van der Waals surface area contributed by atoms with Crippen LogP contribution in [0.15, 0.2) is 65.8 Å². The fraction of sp³-hybridized carbons (Fsp3) is 0.250. The molecule has 0 bridgehead atoms. The van der Waals surface area contributed by atoms with Crippen molar-refractivity contribution in [3.05, 3.63) is 89.0 Å². The van der Waals surface area contributed by atoms with E-state index in [0.29, 0.717) is 18.2 Å². The van der Waals surface area contributed by atoms with Crippen LogP contribution in [0.5, 0.6) is 0 Å². The number of thioether (sulfide) groups is 1. The fourth-order valence-corrected chi connectivity index (χ4v) is 4.41. The predicted molar refractivity (Wildman–Crippen MR) is 126 cm³/mol. The van der Waals surface area contributed by atoms with Gasteiger partial charge in [0.1, 0.15) is 5.82 Å². The lowest BCUT2D eigenvalue weighted by Crippen LogP contribution is -2.25. The average Bonchev–Trinajstić information content (AvgIpc) is 3.30. The summed E-state index contributed by atoms with van der Waals surface area (Å²) in [4.78, 5) is 12.5. The number of carbonyl (C=O) groups excluding carboxylic acids is 1. The molecule has 0 saturated heterocycles. The van der Waals surface area contributed by atoms with Crippen LogP contribution in [0, 0.1) is 20.8 Å². The molecule has 2 aromatic heterocycles. The quantitative estimate of drug-likeness (QED) is 0.416. The summed E-state index contributed by atoms with van der Waals surface area (Å²) in [6, 6.07) is 20.1. The molecule has 2 heterocycles. The van der Waals surface area contributed by atoms with Crippen LogP contribution in [-0.4, -0.2) is 36.2 Å². The van der Waals surface area contributed by atoms with Crippen molar-refractivity contribution in [2.24, 2.45) is 0 Å². The van der Waals surface area contributed by atoms with E-state index in [2.05, 4.69) is 32.7 Å². The van der Waals surface area contributed by atoms with Gasteiger partial charge in [-0.2, -0.15) is 5.10 Å². The molecule has 32 heavy (non-hydrogen) atoms. The number of hydrogen-bond acceptors (Lipinski definition) is 5. The van der Waals surface area contributed by atoms with E-state index >= 15 is 0 Å². The standard InChI is InChI=1S/C24H26N6OS/c1-17-22(18(2)29(28-17)15-20-10-6-4-7-11-20)14-25-23(31)16-32-24-27-26-19(3)30(24)21-12-8-5-9-13-21/h4-13H,14-16H2,1-3H3,(H,25,31). The molecule has 8 heteroatoms. The number of rotatable bonds is 8. The van der Waals surface area contributed by atoms with Crippen LogP contribution in [0.3, 0.4) is 0 Å². The fourth-order valence-electron chi connectivity index (χ4n) is 3.58. The van der Waals surface area contributed by atoms with Crippen molar-refractivity contribution in [3.63, 3.8) is 0 Å². The van der Waals surface area contributed by atoms with Crippen molar-refractivity contribution in [3.8, 4) is 5.69 Å². The first-order valence-corrected chi connectivity index (χ1v) is 11.4. The maximum Gasteiger partial charge on any atom is 0.230 e. The van der Waals surface area contributed by atoms with Crippen LogP contribution in [0.2, 0.25) is 0 Å². The highest BCUT2D eigenvalue weighted by atomic mass is 32.2. The van der Waals surface area contributed by atoms with E-state index in [1.807, 2.05) is 78.6 Å². The van der Waals surface area contributed by atoms with Crippen LogP contribution >= 0.6 is 11.8 Å². The third-order valence-corrected chi connectivity index (χ3v) is 6.24. The molecule has 0 radical (unpaired) electrons. The first-order chi connectivity index (χ1) is 15.5. The zero-order valence-electron chi connectivity index (χ0n) is 18.4. The highest BCUT2D eigenvalue weighted by Crippen LogP contribution is 2.21. The smallest absolute Gasteiger partial charge is 0.230 e. The molecule has 0 saturated carbocycles. The number of nitrogens with one attached hydrogen (secondary N) is 1. The topological polar surface area (TPSA) is 77.6 Å². The highest BCUT2D eigenvalue weighted by Gasteiger charge is 2.15. The summed E-state index contributed by atoms with van der Waals surface area (Å²) in [7, 11) is 0. The molecule has 0 aliphatic rings. The van der Waals surface area contributed by atoms with Gasteiger partial charge in [-0.3, -0.25) is 14.0 Å². The maximum atomic E-state index is 12.5. The van der Waals surface area contributed by atoms with Crippen molar-refractivity contribution >= 4 is 17.7 Å². The monoisotopic (exact) mass is 446 g/mol. The van der Waals surface area contributed by atoms with E-state index in [1.165, 1.54) is 17.3 Å². The second kappa shape index (κ2) is 9.82. The molecule has 4 aromatic rings. The number of aromatic nitrogens is 5. The number of para-hydroxylation sites is 1. The van der Waals surface area contributed by atoms with Crippen molar-refractivity contribution in [2.75, 3.05) is 5.75 Å². The van der Waals surface area contributed by atoms with Crippen molar-refractivity contribution in [1.29, 1.82) is 0 Å². The van der Waals surface area contributed by atoms with Crippen molar-refractivity contribution < 1.29 is 4.79 Å². The van der Waals surface area contributed by atoms with Crippen LogP contribution in [0.4, 0.5) is 0 Å². The molecule has 0 aliphatic heterocycles. The predicted octanol–water partition coefficient (Wildman–Crippen LogP) is 3.85. The molecule has 0 atom stereocenters. The molecule has 4 rings (SSSR count). The van der Waals surface area contributed by atoms with Crippen LogP contribution in [0.25, 0.3) is 5.69 Å². The molecule has 0 fully saturated rings. The maximum absolute atomic E-state index is 12.5. The molecule has 0 spiro atoms. The average molecular weight is 447 g/mol. The van der Waals surface area contributed by atoms with Gasteiger partial charge in [0, 0.05) is 23.5 Å². The zero-order valence-corrected chi connectivity index (χ0v) is 19.3. The lowest BCUT2D eigenvalue weighted by Gasteiger charge is -2.09. The first-order valence-electron chi connectivity index (χ1n) is 10.5. The molecular formula is C24H26N6OS. The van der Waals surface area contributed by atoms with Crippen LogP contribution in [-0.2, 0) is 17.9 Å². The molecule has 7 nitrogen and oxygen atoms in total. The molecule has 0 aliphatic carbocycles. The Morgan fingerprint density at radius 1 is 0.969 bits per heavy atom. The van der Waals surface area contributed by atoms with E-state index in [0.717, 1.165) is 28.5 Å². The Bertz CT molecular complexity index is 1200. The van der Waals surface area contributed by atoms with E-state index in [9.17, 15) is 4.79 Å². The van der Waals surface area contributed by atoms with E-state index < -0.39 is 0 Å². The molecule has 2 aromatic carbocycles. The van der Waals surface area contributed by atoms with Gasteiger partial charge >= 0.3 is 0 Å². The number of nitrogens with zero attached hydrogens (tertiary/aromatic N) is 5. The van der Waals surface area contributed by atoms with Gasteiger partial charge in [0.05, 0.1) is 18.0 Å². The summed E-state index contributed by atoms with van der Waals surface area (Å²) >= 11 is 1.38. The first kappa shape index (κ1) is 21.8. The molecule has 164 valence electrons. The zero-order chi connectivity index (χ0) is 22.5. The minimum atomic E-state index is -0.0510. The van der Waals surface area contributed by atoms with Gasteiger partial charge in [-0.05, 0) is 38.5 Å². The Labute approximate surface area is 191 Å². The lowest BCUT2D eigenvalue weighted by molar-refractivity contribution is -0.118. The van der Waals surface area contributed by atoms with E-state index in [-0.39, 0.29) is 11.7 Å². The molecule has 1 N–H and O–H groups in total. The summed E-state index contributed by atoms with van der Waals surface area (Å²) in [5.41, 5.74) is 5.24. The van der Waals surface area contributed by atoms with Crippen LogP contribution < -0.4 is 5.32 Å². The summed E-state index contributed by atoms with van der Waals surface area (Å²) in [5.74, 6) is 1.00. The van der Waals surface area contributed by atoms with Crippen molar-refractivity contribution in [2.45, 2.75) is 39.0 Å². The summed E-state index contributed by atoms with van der Waals surface area (Å²) in [5, 5.41) is 16.8. The van der Waals surface area contributed by atoms with Gasteiger partial charge in [0.2, 0.25) is 5.91 Å². The minimum Gasteiger partial charge on any atom is -0.351 e. The summed E-state index contributed by atoms with van der Waals surface area (Å²) < 4.78 is 3.95. The Balaban J connectivity index is 1.36. The Hall–Kier alpha value is -3.39. The number of benzene rings is 2. The van der Waals surface area contributed by atoms with Crippen LogP contribution in [0.1, 0.15) is 28.3 Å². The number of hydrogen-bond donors (Lipinski definition) is 1. The number of amides is 1. The molecule has 1 amide bonds. The minimum absolute atomic E-state index is 0.0510. The van der Waals surface area contributed by atoms with Gasteiger partial charge in [-0.25, -0.2) is 0 Å². The Kier molecular flexibility index (Phi) is 6.70. The van der Waals surface area contributed by atoms with Gasteiger partial charge in [0.25, 0.3) is 0 Å². The van der Waals surface area contributed by atoms with Crippen molar-refractivity contribution in [1.82, 2.24) is 29.9 Å². The number of aryl methyl sites for hydroxylation is 2. The summed E-state index contributed by atoms with van der Waals surface area (Å²) in [6.45, 7) is 7.10. The normalized spacial score (nSPS) is 11.0. The van der Waals surface area contributed by atoms with Gasteiger partial charge in [0.15, 0.2) is 5.16 Å². The van der Waals surface area contributed by atoms with E-state index in [4.69, 9.17) is 0 Å². The largest absolute Gasteiger partial charge is 0.351 e. The third-order valence-electron chi connectivity index (χ3n) is 5.31. The van der Waals surface area contributed by atoms with Gasteiger partial charge in [-0.15, -0.1) is 10.2 Å². The number of carbonyl (C=O) groups is 1. The Morgan fingerprint density at radius 3 is 2.38 bits per heavy atom. The SMILES string of the molecule is Cc1nn(Cc2ccccc2)c(C)c1CNC(=O)CSc1nnc(C)n1-c1ccccc1. The summed E-state index contributed by atoms with van der Waals surface area (Å²) in [6.07, 6.45) is 0. The van der Waals surface area contributed by atoms with E-state index in [1.54, 1.807) is 0 Å². The molecular weight excluding hydrogens is 420 g/mol. The third kappa shape index (κ3) is 4.91. The Morgan fingerprint density at radius 2 is 1.66 bits per heavy atom. The second-order valence-electron chi connectivity index (χ2n) is 7.56. The second-order valence-corrected chi connectivity index (χ2v) is 8.50. The molecule has 0 unspecified atom stereocenters. The highest BCUT2D eigenvalue weighted by molar-refractivity contribution is 7.99.